The highest BCUT2D eigenvalue weighted by Gasteiger charge is 2.38. The van der Waals surface area contributed by atoms with E-state index in [0.717, 1.165) is 0 Å². The average molecular weight is 175 g/mol. The zero-order valence-corrected chi connectivity index (χ0v) is 7.33. The van der Waals surface area contributed by atoms with Gasteiger partial charge in [0.2, 0.25) is 0 Å². The summed E-state index contributed by atoms with van der Waals surface area (Å²) in [5, 5.41) is 9.37. The van der Waals surface area contributed by atoms with E-state index in [2.05, 4.69) is 10.7 Å². The van der Waals surface area contributed by atoms with E-state index in [1.54, 1.807) is 0 Å². The number of Topliss-reactive ketones (excluding diaryl/α,β-unsaturated/α-hetero) is 1. The lowest BCUT2D eigenvalue weighted by atomic mass is 9.88. The Labute approximate surface area is 70.5 Å². The van der Waals surface area contributed by atoms with Crippen molar-refractivity contribution in [2.24, 2.45) is 11.8 Å². The molecule has 0 aliphatic carbocycles. The molecule has 0 amide bonds. The van der Waals surface area contributed by atoms with Crippen LogP contribution in [0.4, 0.5) is 0 Å². The largest absolute Gasteiger partial charge is 0.389 e. The van der Waals surface area contributed by atoms with E-state index in [-0.39, 0.29) is 0 Å². The normalized spacial score (nSPS) is 13.8. The van der Waals surface area contributed by atoms with Gasteiger partial charge in [-0.15, -0.1) is 0 Å². The Morgan fingerprint density at radius 3 is 2.00 bits per heavy atom. The first-order valence-corrected chi connectivity index (χ1v) is 3.44. The molecule has 0 spiro atoms. The van der Waals surface area contributed by atoms with Gasteiger partial charge in [-0.1, -0.05) is 0 Å². The zero-order valence-electron chi connectivity index (χ0n) is 7.33. The minimum Gasteiger partial charge on any atom is -0.389 e. The Kier molecular flexibility index (Phi) is 3.36. The summed E-state index contributed by atoms with van der Waals surface area (Å²) in [5.74, 6) is 1.98. The van der Waals surface area contributed by atoms with Crippen LogP contribution < -0.4 is 5.90 Å². The second-order valence-corrected chi connectivity index (χ2v) is 3.13. The molecule has 12 heavy (non-hydrogen) atoms. The van der Waals surface area contributed by atoms with Crippen LogP contribution in [0.2, 0.25) is 0 Å². The molecule has 1 unspecified atom stereocenters. The highest BCUT2D eigenvalue weighted by atomic mass is 16.7. The number of rotatable bonds is 3. The molecule has 0 aromatic heterocycles. The number of nitrogens with two attached hydrogens (primary N) is 1. The molecule has 5 heteroatoms. The molecule has 0 radical (unpaired) electrons. The Morgan fingerprint density at radius 1 is 1.50 bits per heavy atom. The second-order valence-electron chi connectivity index (χ2n) is 3.13. The molecule has 0 saturated heterocycles. The van der Waals surface area contributed by atoms with Crippen molar-refractivity contribution in [2.45, 2.75) is 26.4 Å². The monoisotopic (exact) mass is 175 g/mol. The van der Waals surface area contributed by atoms with Gasteiger partial charge in [-0.25, -0.2) is 4.79 Å². The van der Waals surface area contributed by atoms with Crippen LogP contribution >= 0.6 is 0 Å². The van der Waals surface area contributed by atoms with E-state index in [1.807, 2.05) is 0 Å². The lowest BCUT2D eigenvalue weighted by Gasteiger charge is -2.23. The summed E-state index contributed by atoms with van der Waals surface area (Å²) in [5.41, 5.74) is -1.44. The van der Waals surface area contributed by atoms with Crippen LogP contribution in [0.1, 0.15) is 20.8 Å². The summed E-state index contributed by atoms with van der Waals surface area (Å²) in [6, 6.07) is 0. The maximum atomic E-state index is 10.9. The second kappa shape index (κ2) is 3.64. The molecule has 3 N–H and O–H groups in total. The third-order valence-electron chi connectivity index (χ3n) is 1.46. The Bertz CT molecular complexity index is 194. The molecule has 0 saturated carbocycles. The van der Waals surface area contributed by atoms with Crippen molar-refractivity contribution in [3.05, 3.63) is 0 Å². The van der Waals surface area contributed by atoms with Crippen LogP contribution in [0, 0.1) is 5.92 Å². The summed E-state index contributed by atoms with van der Waals surface area (Å²) in [6.45, 7) is 3.88. The van der Waals surface area contributed by atoms with Gasteiger partial charge < -0.3 is 9.94 Å². The van der Waals surface area contributed by atoms with Gasteiger partial charge in [0.25, 0.3) is 0 Å². The van der Waals surface area contributed by atoms with Crippen LogP contribution in [-0.4, -0.2) is 22.5 Å². The van der Waals surface area contributed by atoms with Gasteiger partial charge >= 0.3 is 5.97 Å². The van der Waals surface area contributed by atoms with Crippen LogP contribution in [0.25, 0.3) is 0 Å². The van der Waals surface area contributed by atoms with Crippen molar-refractivity contribution in [1.29, 1.82) is 0 Å². The molecule has 0 bridgehead atoms. The van der Waals surface area contributed by atoms with Gasteiger partial charge in [-0.05, 0) is 20.8 Å². The minimum atomic E-state index is -1.44. The quantitative estimate of drug-likeness (QED) is 0.440. The number of hydrogen-bond acceptors (Lipinski definition) is 5. The standard InChI is InChI=1S/C7H13NO4/c1-4(9)5(6(10)12-8)7(2,3)11/h5,11H,8H2,1-3H3. The van der Waals surface area contributed by atoms with E-state index in [0.29, 0.717) is 0 Å². The van der Waals surface area contributed by atoms with Gasteiger partial charge in [0.05, 0.1) is 5.60 Å². The van der Waals surface area contributed by atoms with E-state index in [9.17, 15) is 14.7 Å². The maximum absolute atomic E-state index is 10.9. The number of hydrogen-bond donors (Lipinski definition) is 2. The predicted molar refractivity (Wildman–Crippen MR) is 40.7 cm³/mol. The minimum absolute atomic E-state index is 0.474. The van der Waals surface area contributed by atoms with Gasteiger partial charge in [-0.3, -0.25) is 4.79 Å². The first kappa shape index (κ1) is 11.1. The van der Waals surface area contributed by atoms with Gasteiger partial charge in [0, 0.05) is 0 Å². The fourth-order valence-corrected chi connectivity index (χ4v) is 1.02. The number of carbonyl (C=O) groups is 2. The molecule has 0 aromatic rings. The highest BCUT2D eigenvalue weighted by molar-refractivity contribution is 5.98. The maximum Gasteiger partial charge on any atom is 0.337 e. The van der Waals surface area contributed by atoms with Crippen molar-refractivity contribution in [3.8, 4) is 0 Å². The summed E-state index contributed by atoms with van der Waals surface area (Å²) in [6.07, 6.45) is 0. The van der Waals surface area contributed by atoms with Crippen LogP contribution in [0.3, 0.4) is 0 Å². The third kappa shape index (κ3) is 2.60. The van der Waals surface area contributed by atoms with Gasteiger partial charge in [-0.2, -0.15) is 5.90 Å². The Hall–Kier alpha value is -0.940. The molecule has 0 heterocycles. The van der Waals surface area contributed by atoms with Crippen molar-refractivity contribution in [2.75, 3.05) is 0 Å². The third-order valence-corrected chi connectivity index (χ3v) is 1.46. The van der Waals surface area contributed by atoms with Crippen LogP contribution in [-0.2, 0) is 14.4 Å². The van der Waals surface area contributed by atoms with Crippen molar-refractivity contribution in [3.63, 3.8) is 0 Å². The fourth-order valence-electron chi connectivity index (χ4n) is 1.02. The molecular formula is C7H13NO4. The van der Waals surface area contributed by atoms with Crippen molar-refractivity contribution in [1.82, 2.24) is 0 Å². The summed E-state index contributed by atoms with van der Waals surface area (Å²) in [7, 11) is 0. The zero-order chi connectivity index (χ0) is 9.94. The van der Waals surface area contributed by atoms with Crippen LogP contribution in [0.5, 0.6) is 0 Å². The van der Waals surface area contributed by atoms with E-state index >= 15 is 0 Å². The lowest BCUT2D eigenvalue weighted by Crippen LogP contribution is -2.43. The smallest absolute Gasteiger partial charge is 0.337 e. The molecule has 1 atom stereocenters. The van der Waals surface area contributed by atoms with Crippen molar-refractivity contribution >= 4 is 11.8 Å². The molecule has 70 valence electrons. The predicted octanol–water partition coefficient (Wildman–Crippen LogP) is -0.621. The lowest BCUT2D eigenvalue weighted by molar-refractivity contribution is -0.161. The molecule has 5 nitrogen and oxygen atoms in total. The highest BCUT2D eigenvalue weighted by Crippen LogP contribution is 2.18. The molecule has 0 rings (SSSR count). The van der Waals surface area contributed by atoms with E-state index in [4.69, 9.17) is 0 Å². The first-order valence-electron chi connectivity index (χ1n) is 3.44. The van der Waals surface area contributed by atoms with E-state index < -0.39 is 23.3 Å². The Balaban J connectivity index is 4.68. The Morgan fingerprint density at radius 2 is 1.92 bits per heavy atom. The number of ketones is 1. The van der Waals surface area contributed by atoms with Crippen LogP contribution in [0.15, 0.2) is 0 Å². The summed E-state index contributed by atoms with van der Waals surface area (Å²) < 4.78 is 0. The topological polar surface area (TPSA) is 89.6 Å². The molecule has 0 aromatic carbocycles. The fraction of sp³-hybridized carbons (Fsp3) is 0.714. The molecule has 0 fully saturated rings. The number of aliphatic hydroxyl groups is 1. The number of carbonyl (C=O) groups excluding carboxylic acids is 2. The van der Waals surface area contributed by atoms with Gasteiger partial charge in [0.1, 0.15) is 11.7 Å². The van der Waals surface area contributed by atoms with E-state index in [1.165, 1.54) is 20.8 Å². The molecule has 0 aliphatic heterocycles. The van der Waals surface area contributed by atoms with Gasteiger partial charge in [0.15, 0.2) is 0 Å². The summed E-state index contributed by atoms with van der Waals surface area (Å²) >= 11 is 0. The SMILES string of the molecule is CC(=O)C(C(=O)ON)C(C)(C)O. The molecular weight excluding hydrogens is 162 g/mol. The first-order chi connectivity index (χ1) is 5.30. The average Bonchev–Trinajstić information content (AvgIpc) is 1.83. The van der Waals surface area contributed by atoms with Crippen molar-refractivity contribution < 1.29 is 19.5 Å². The molecule has 0 aliphatic rings. The summed E-state index contributed by atoms with van der Waals surface area (Å²) in [4.78, 5) is 25.6.